The zero-order chi connectivity index (χ0) is 18.0. The Balaban J connectivity index is -0.000000305. The van der Waals surface area contributed by atoms with Crippen molar-refractivity contribution in [1.29, 1.82) is 0 Å². The Labute approximate surface area is 135 Å². The van der Waals surface area contributed by atoms with Gasteiger partial charge in [0.15, 0.2) is 0 Å². The molecule has 0 radical (unpaired) electrons. The summed E-state index contributed by atoms with van der Waals surface area (Å²) in [6.45, 7) is 6.99. The van der Waals surface area contributed by atoms with Gasteiger partial charge < -0.3 is 26.0 Å². The molecule has 0 aromatic rings. The van der Waals surface area contributed by atoms with E-state index >= 15 is 0 Å². The molecule has 5 N–H and O–H groups in total. The standard InChI is InChI=1S/C9H10O3.C3H5NO2S.C2H7N/c1-3-5-7(9(11)12)8(10)6-4-2;4-3(7)1-6-2-5;1-3-2/h3-6,10H,1-2H2,(H,11,12);2H,1H2,(H2,4,7);3H,1-2H3/b7-5+,8-6+;;. The summed E-state index contributed by atoms with van der Waals surface area (Å²) < 4.78 is 4.15. The lowest BCUT2D eigenvalue weighted by Gasteiger charge is -1.97. The van der Waals surface area contributed by atoms with Crippen LogP contribution >= 0.6 is 12.2 Å². The minimum atomic E-state index is -1.20. The van der Waals surface area contributed by atoms with E-state index in [1.165, 1.54) is 24.3 Å². The molecular formula is C14H22N2O5S. The fraction of sp³-hybridized carbons (Fsp3) is 0.214. The van der Waals surface area contributed by atoms with Crippen LogP contribution in [-0.4, -0.2) is 48.3 Å². The molecule has 0 fully saturated rings. The minimum absolute atomic E-state index is 0.0405. The van der Waals surface area contributed by atoms with Crippen LogP contribution in [0.25, 0.3) is 0 Å². The lowest BCUT2D eigenvalue weighted by Crippen LogP contribution is -2.14. The second kappa shape index (κ2) is 18.6. The first kappa shape index (κ1) is 24.6. The molecule has 7 nitrogen and oxygen atoms in total. The van der Waals surface area contributed by atoms with Gasteiger partial charge in [-0.2, -0.15) is 0 Å². The number of hydrogen-bond acceptors (Lipinski definition) is 6. The Morgan fingerprint density at radius 1 is 1.27 bits per heavy atom. The van der Waals surface area contributed by atoms with Crippen LogP contribution in [0.5, 0.6) is 0 Å². The third-order valence-electron chi connectivity index (χ3n) is 1.36. The number of carboxylic acid groups (broad SMARTS) is 1. The highest BCUT2D eigenvalue weighted by Gasteiger charge is 2.09. The average Bonchev–Trinajstić information content (AvgIpc) is 2.43. The molecule has 0 saturated carbocycles. The molecule has 0 aromatic heterocycles. The summed E-state index contributed by atoms with van der Waals surface area (Å²) in [5.74, 6) is -1.54. The van der Waals surface area contributed by atoms with Gasteiger partial charge in [-0.05, 0) is 26.2 Å². The number of allylic oxidation sites excluding steroid dienone is 4. The van der Waals surface area contributed by atoms with Crippen molar-refractivity contribution < 1.29 is 24.5 Å². The Hall–Kier alpha value is -2.45. The van der Waals surface area contributed by atoms with Crippen molar-refractivity contribution in [3.63, 3.8) is 0 Å². The molecular weight excluding hydrogens is 308 g/mol. The molecule has 0 aliphatic carbocycles. The third kappa shape index (κ3) is 19.9. The van der Waals surface area contributed by atoms with E-state index in [0.29, 0.717) is 6.47 Å². The Bertz CT molecular complexity index is 431. The third-order valence-corrected chi connectivity index (χ3v) is 1.48. The van der Waals surface area contributed by atoms with Gasteiger partial charge in [-0.1, -0.05) is 37.5 Å². The number of carboxylic acids is 1. The number of carbonyl (C=O) groups is 2. The summed E-state index contributed by atoms with van der Waals surface area (Å²) in [7, 11) is 3.75. The molecule has 0 unspecified atom stereocenters. The molecule has 22 heavy (non-hydrogen) atoms. The molecule has 0 amide bonds. The van der Waals surface area contributed by atoms with Crippen LogP contribution in [0.15, 0.2) is 48.8 Å². The smallest absolute Gasteiger partial charge is 0.339 e. The number of thiocarbonyl (C=S) groups is 1. The highest BCUT2D eigenvalue weighted by atomic mass is 32.1. The first-order chi connectivity index (χ1) is 10.3. The van der Waals surface area contributed by atoms with Crippen molar-refractivity contribution in [3.8, 4) is 0 Å². The number of aliphatic hydroxyl groups excluding tert-OH is 1. The number of nitrogens with one attached hydrogen (secondary N) is 1. The predicted molar refractivity (Wildman–Crippen MR) is 90.6 cm³/mol. The van der Waals surface area contributed by atoms with Crippen LogP contribution in [0.3, 0.4) is 0 Å². The first-order valence-electron chi connectivity index (χ1n) is 5.82. The molecule has 8 heteroatoms. The fourth-order valence-corrected chi connectivity index (χ4v) is 0.770. The molecule has 0 spiro atoms. The van der Waals surface area contributed by atoms with Crippen LogP contribution in [0.4, 0.5) is 0 Å². The molecule has 0 rings (SSSR count). The maximum absolute atomic E-state index is 10.5. The summed E-state index contributed by atoms with van der Waals surface area (Å²) in [5.41, 5.74) is 4.72. The van der Waals surface area contributed by atoms with Crippen LogP contribution in [0, 0.1) is 0 Å². The maximum Gasteiger partial charge on any atom is 0.339 e. The molecule has 124 valence electrons. The number of aliphatic carboxylic acids is 1. The Morgan fingerprint density at radius 3 is 1.95 bits per heavy atom. The van der Waals surface area contributed by atoms with Gasteiger partial charge in [0.25, 0.3) is 6.47 Å². The van der Waals surface area contributed by atoms with Crippen molar-refractivity contribution in [2.75, 3.05) is 20.7 Å². The predicted octanol–water partition coefficient (Wildman–Crippen LogP) is 1.09. The Kier molecular flexibility index (Phi) is 20.7. The SMILES string of the molecule is C=C/C=C(O)\C(=C/C=C)C(=O)O.CNC.NC(=S)COC=O. The number of aliphatic hydroxyl groups is 1. The zero-order valence-electron chi connectivity index (χ0n) is 12.6. The van der Waals surface area contributed by atoms with E-state index in [1.54, 1.807) is 0 Å². The summed E-state index contributed by atoms with van der Waals surface area (Å²) in [4.78, 5) is 20.0. The highest BCUT2D eigenvalue weighted by Crippen LogP contribution is 2.06. The monoisotopic (exact) mass is 330 g/mol. The van der Waals surface area contributed by atoms with Gasteiger partial charge in [0.2, 0.25) is 0 Å². The van der Waals surface area contributed by atoms with Crippen LogP contribution in [0.1, 0.15) is 0 Å². The molecule has 0 heterocycles. The molecule has 0 aliphatic rings. The largest absolute Gasteiger partial charge is 0.507 e. The Morgan fingerprint density at radius 2 is 1.73 bits per heavy atom. The highest BCUT2D eigenvalue weighted by molar-refractivity contribution is 7.80. The van der Waals surface area contributed by atoms with E-state index in [1.807, 2.05) is 14.1 Å². The molecule has 0 aliphatic heterocycles. The summed E-state index contributed by atoms with van der Waals surface area (Å²) >= 11 is 4.35. The maximum atomic E-state index is 10.5. The van der Waals surface area contributed by atoms with Gasteiger partial charge in [-0.15, -0.1) is 0 Å². The van der Waals surface area contributed by atoms with E-state index in [0.717, 1.165) is 0 Å². The van der Waals surface area contributed by atoms with E-state index in [4.69, 9.17) is 15.9 Å². The number of carbonyl (C=O) groups excluding carboxylic acids is 1. The van der Waals surface area contributed by atoms with Crippen molar-refractivity contribution >= 4 is 29.6 Å². The van der Waals surface area contributed by atoms with Gasteiger partial charge in [-0.3, -0.25) is 4.79 Å². The number of nitrogens with two attached hydrogens (primary N) is 1. The summed E-state index contributed by atoms with van der Waals surface area (Å²) in [6.07, 6.45) is 4.99. The lowest BCUT2D eigenvalue weighted by molar-refractivity contribution is -0.132. The first-order valence-corrected chi connectivity index (χ1v) is 6.23. The topological polar surface area (TPSA) is 122 Å². The molecule has 0 bridgehead atoms. The second-order valence-corrected chi connectivity index (χ2v) is 3.81. The summed E-state index contributed by atoms with van der Waals surface area (Å²) in [6, 6.07) is 0. The van der Waals surface area contributed by atoms with Crippen LogP contribution < -0.4 is 11.1 Å². The van der Waals surface area contributed by atoms with Crippen molar-refractivity contribution in [2.45, 2.75) is 0 Å². The fourth-order valence-electron chi connectivity index (χ4n) is 0.702. The zero-order valence-corrected chi connectivity index (χ0v) is 13.4. The van der Waals surface area contributed by atoms with E-state index in [9.17, 15) is 9.59 Å². The molecule has 0 atom stereocenters. The molecule has 0 saturated heterocycles. The van der Waals surface area contributed by atoms with Crippen LogP contribution in [0.2, 0.25) is 0 Å². The summed E-state index contributed by atoms with van der Waals surface area (Å²) in [5, 5.41) is 20.4. The number of hydrogen-bond donors (Lipinski definition) is 4. The lowest BCUT2D eigenvalue weighted by atomic mass is 10.2. The number of ether oxygens (including phenoxy) is 1. The van der Waals surface area contributed by atoms with Gasteiger partial charge >= 0.3 is 5.97 Å². The molecule has 0 aromatic carbocycles. The van der Waals surface area contributed by atoms with E-state index in [2.05, 4.69) is 35.4 Å². The van der Waals surface area contributed by atoms with E-state index < -0.39 is 5.97 Å². The van der Waals surface area contributed by atoms with E-state index in [-0.39, 0.29) is 22.9 Å². The average molecular weight is 330 g/mol. The van der Waals surface area contributed by atoms with Crippen molar-refractivity contribution in [3.05, 3.63) is 48.8 Å². The van der Waals surface area contributed by atoms with Crippen LogP contribution in [-0.2, 0) is 14.3 Å². The van der Waals surface area contributed by atoms with Crippen molar-refractivity contribution in [1.82, 2.24) is 5.32 Å². The van der Waals surface area contributed by atoms with Gasteiger partial charge in [0, 0.05) is 0 Å². The second-order valence-electron chi connectivity index (χ2n) is 3.28. The van der Waals surface area contributed by atoms with Gasteiger partial charge in [-0.25, -0.2) is 4.79 Å². The van der Waals surface area contributed by atoms with Crippen molar-refractivity contribution in [2.24, 2.45) is 5.73 Å². The minimum Gasteiger partial charge on any atom is -0.507 e. The normalized spacial score (nSPS) is 9.91. The van der Waals surface area contributed by atoms with Gasteiger partial charge in [0.05, 0.1) is 0 Å². The van der Waals surface area contributed by atoms with Gasteiger partial charge in [0.1, 0.15) is 22.9 Å². The number of rotatable bonds is 7. The quantitative estimate of drug-likeness (QED) is 0.180.